The van der Waals surface area contributed by atoms with Gasteiger partial charge in [-0.05, 0) is 66.1 Å². The van der Waals surface area contributed by atoms with Crippen molar-refractivity contribution in [2.24, 2.45) is 5.92 Å². The van der Waals surface area contributed by atoms with Crippen LogP contribution in [0.25, 0.3) is 0 Å². The molecule has 0 aromatic heterocycles. The van der Waals surface area contributed by atoms with Crippen molar-refractivity contribution in [1.82, 2.24) is 15.1 Å². The van der Waals surface area contributed by atoms with Crippen LogP contribution in [0.4, 0.5) is 0 Å². The van der Waals surface area contributed by atoms with Crippen molar-refractivity contribution >= 4 is 5.97 Å². The van der Waals surface area contributed by atoms with E-state index in [-0.39, 0.29) is 6.04 Å². The van der Waals surface area contributed by atoms with Crippen LogP contribution in [0.3, 0.4) is 0 Å². The van der Waals surface area contributed by atoms with Gasteiger partial charge >= 0.3 is 5.97 Å². The van der Waals surface area contributed by atoms with E-state index >= 15 is 0 Å². The molecule has 1 aliphatic carbocycles. The Kier molecular flexibility index (Phi) is 5.28. The van der Waals surface area contributed by atoms with Crippen LogP contribution in [-0.4, -0.2) is 72.2 Å². The van der Waals surface area contributed by atoms with Crippen LogP contribution in [-0.2, 0) is 4.79 Å². The molecule has 5 heteroatoms. The maximum Gasteiger partial charge on any atom is 0.323 e. The summed E-state index contributed by atoms with van der Waals surface area (Å²) in [6.07, 6.45) is 3.70. The molecule has 2 fully saturated rings. The summed E-state index contributed by atoms with van der Waals surface area (Å²) >= 11 is 0. The molecule has 0 spiro atoms. The predicted molar refractivity (Wildman–Crippen MR) is 84.5 cm³/mol. The molecular weight excluding hydrogens is 266 g/mol. The summed E-state index contributed by atoms with van der Waals surface area (Å²) < 4.78 is 0. The van der Waals surface area contributed by atoms with Crippen molar-refractivity contribution in [3.8, 4) is 0 Å². The first-order valence-electron chi connectivity index (χ1n) is 8.22. The summed E-state index contributed by atoms with van der Waals surface area (Å²) in [6.45, 7) is 7.50. The van der Waals surface area contributed by atoms with Crippen molar-refractivity contribution in [3.63, 3.8) is 0 Å². The molecule has 0 radical (unpaired) electrons. The van der Waals surface area contributed by atoms with Gasteiger partial charge in [-0.25, -0.2) is 0 Å². The molecule has 0 bridgehead atoms. The number of carboxylic acids is 1. The zero-order valence-corrected chi connectivity index (χ0v) is 13.9. The van der Waals surface area contributed by atoms with Gasteiger partial charge in [0, 0.05) is 25.2 Å². The number of carboxylic acid groups (broad SMARTS) is 1. The first-order valence-corrected chi connectivity index (χ1v) is 8.22. The number of hydrogen-bond donors (Lipinski definition) is 2. The molecule has 3 unspecified atom stereocenters. The zero-order valence-electron chi connectivity index (χ0n) is 13.9. The lowest BCUT2D eigenvalue weighted by molar-refractivity contribution is -0.145. The van der Waals surface area contributed by atoms with Gasteiger partial charge in [-0.3, -0.25) is 10.1 Å². The minimum absolute atomic E-state index is 0.202. The Balaban J connectivity index is 1.91. The lowest BCUT2D eigenvalue weighted by Crippen LogP contribution is -2.53. The highest BCUT2D eigenvalue weighted by Gasteiger charge is 2.46. The van der Waals surface area contributed by atoms with E-state index in [1.165, 1.54) is 19.5 Å². The second kappa shape index (κ2) is 6.63. The monoisotopic (exact) mass is 297 g/mol. The Hall–Kier alpha value is -0.650. The highest BCUT2D eigenvalue weighted by Crippen LogP contribution is 2.34. The average Bonchev–Trinajstić information content (AvgIpc) is 2.96. The van der Waals surface area contributed by atoms with Crippen LogP contribution in [0.5, 0.6) is 0 Å². The minimum Gasteiger partial charge on any atom is -0.480 e. The topological polar surface area (TPSA) is 55.8 Å². The summed E-state index contributed by atoms with van der Waals surface area (Å²) in [4.78, 5) is 16.5. The van der Waals surface area contributed by atoms with Gasteiger partial charge in [0.05, 0.1) is 0 Å². The van der Waals surface area contributed by atoms with Gasteiger partial charge in [0.15, 0.2) is 0 Å². The maximum absolute atomic E-state index is 11.7. The number of nitrogens with zero attached hydrogens (tertiary/aromatic N) is 2. The van der Waals surface area contributed by atoms with Gasteiger partial charge in [-0.1, -0.05) is 0 Å². The van der Waals surface area contributed by atoms with Gasteiger partial charge in [0.25, 0.3) is 0 Å². The molecule has 1 heterocycles. The summed E-state index contributed by atoms with van der Waals surface area (Å²) in [5, 5.41) is 12.9. The Morgan fingerprint density at radius 3 is 2.71 bits per heavy atom. The van der Waals surface area contributed by atoms with E-state index in [4.69, 9.17) is 0 Å². The Labute approximate surface area is 128 Å². The number of aliphatic carboxylic acids is 1. The lowest BCUT2D eigenvalue weighted by atomic mass is 9.96. The van der Waals surface area contributed by atoms with Crippen molar-refractivity contribution in [3.05, 3.63) is 0 Å². The molecular formula is C16H31N3O2. The van der Waals surface area contributed by atoms with Gasteiger partial charge < -0.3 is 14.9 Å². The van der Waals surface area contributed by atoms with E-state index < -0.39 is 11.5 Å². The summed E-state index contributed by atoms with van der Waals surface area (Å²) in [7, 11) is 4.34. The molecule has 5 nitrogen and oxygen atoms in total. The van der Waals surface area contributed by atoms with Crippen molar-refractivity contribution < 1.29 is 9.90 Å². The summed E-state index contributed by atoms with van der Waals surface area (Å²) in [5.41, 5.74) is -0.723. The van der Waals surface area contributed by atoms with E-state index in [2.05, 4.69) is 29.2 Å². The number of hydrogen-bond acceptors (Lipinski definition) is 4. The van der Waals surface area contributed by atoms with E-state index in [1.807, 2.05) is 13.8 Å². The molecule has 0 aromatic carbocycles. The molecule has 3 atom stereocenters. The molecule has 2 rings (SSSR count). The Morgan fingerprint density at radius 2 is 2.19 bits per heavy atom. The van der Waals surface area contributed by atoms with E-state index in [9.17, 15) is 9.90 Å². The molecule has 0 amide bonds. The second-order valence-electron chi connectivity index (χ2n) is 7.44. The predicted octanol–water partition coefficient (Wildman–Crippen LogP) is 1.24. The third kappa shape index (κ3) is 3.96. The number of likely N-dealkylation sites (tertiary alicyclic amines) is 1. The third-order valence-electron chi connectivity index (χ3n) is 5.12. The molecule has 2 aliphatic rings. The van der Waals surface area contributed by atoms with Gasteiger partial charge in [0.2, 0.25) is 0 Å². The average molecular weight is 297 g/mol. The molecule has 21 heavy (non-hydrogen) atoms. The van der Waals surface area contributed by atoms with E-state index in [0.29, 0.717) is 6.04 Å². The lowest BCUT2D eigenvalue weighted by Gasteiger charge is -2.31. The number of carbonyl (C=O) groups is 1. The first-order chi connectivity index (χ1) is 9.82. The second-order valence-corrected chi connectivity index (χ2v) is 7.44. The molecule has 1 aliphatic heterocycles. The number of nitrogens with one attached hydrogen (secondary N) is 1. The Morgan fingerprint density at radius 1 is 1.48 bits per heavy atom. The fourth-order valence-electron chi connectivity index (χ4n) is 4.07. The summed E-state index contributed by atoms with van der Waals surface area (Å²) in [6, 6.07) is 0.590. The quantitative estimate of drug-likeness (QED) is 0.772. The third-order valence-corrected chi connectivity index (χ3v) is 5.12. The van der Waals surface area contributed by atoms with E-state index in [1.54, 1.807) is 0 Å². The highest BCUT2D eigenvalue weighted by atomic mass is 16.4. The van der Waals surface area contributed by atoms with Crippen LogP contribution < -0.4 is 5.32 Å². The van der Waals surface area contributed by atoms with Crippen LogP contribution >= 0.6 is 0 Å². The van der Waals surface area contributed by atoms with Crippen LogP contribution in [0, 0.1) is 5.92 Å². The first kappa shape index (κ1) is 16.7. The fraction of sp³-hybridized carbons (Fsp3) is 0.938. The fourth-order valence-corrected chi connectivity index (χ4v) is 4.07. The largest absolute Gasteiger partial charge is 0.480 e. The zero-order chi connectivity index (χ0) is 15.6. The standard InChI is InChI=1S/C16H31N3O2/c1-12(2)17-16(15(20)21)7-5-14(9-16)19(4)11-13-6-8-18(3)10-13/h12-14,17H,5-11H2,1-4H3,(H,20,21). The van der Waals surface area contributed by atoms with Gasteiger partial charge in [0.1, 0.15) is 5.54 Å². The summed E-state index contributed by atoms with van der Waals surface area (Å²) in [5.74, 6) is 0.0468. The smallest absolute Gasteiger partial charge is 0.323 e. The molecule has 0 aromatic rings. The Bertz CT molecular complexity index is 375. The molecule has 122 valence electrons. The van der Waals surface area contributed by atoms with Crippen LogP contribution in [0.1, 0.15) is 39.5 Å². The minimum atomic E-state index is -0.723. The van der Waals surface area contributed by atoms with Crippen molar-refractivity contribution in [2.45, 2.75) is 57.2 Å². The van der Waals surface area contributed by atoms with Gasteiger partial charge in [-0.15, -0.1) is 0 Å². The van der Waals surface area contributed by atoms with Crippen LogP contribution in [0.2, 0.25) is 0 Å². The maximum atomic E-state index is 11.7. The molecule has 2 N–H and O–H groups in total. The van der Waals surface area contributed by atoms with Gasteiger partial charge in [-0.2, -0.15) is 0 Å². The van der Waals surface area contributed by atoms with Crippen molar-refractivity contribution in [2.75, 3.05) is 33.7 Å². The van der Waals surface area contributed by atoms with Crippen molar-refractivity contribution in [1.29, 1.82) is 0 Å². The van der Waals surface area contributed by atoms with E-state index in [0.717, 1.165) is 31.7 Å². The highest BCUT2D eigenvalue weighted by molar-refractivity contribution is 5.79. The molecule has 1 saturated heterocycles. The SMILES string of the molecule is CC(C)NC1(C(=O)O)CCC(N(C)CC2CCN(C)C2)C1. The van der Waals surface area contributed by atoms with Crippen LogP contribution in [0.15, 0.2) is 0 Å². The molecule has 1 saturated carbocycles. The number of rotatable bonds is 6. The normalized spacial score (nSPS) is 34.2.